The van der Waals surface area contributed by atoms with E-state index in [0.717, 1.165) is 12.1 Å². The van der Waals surface area contributed by atoms with E-state index in [0.29, 0.717) is 0 Å². The van der Waals surface area contributed by atoms with Gasteiger partial charge in [0.25, 0.3) is 5.91 Å². The summed E-state index contributed by atoms with van der Waals surface area (Å²) in [6, 6.07) is 2.00. The topological polar surface area (TPSA) is 49.3 Å². The summed E-state index contributed by atoms with van der Waals surface area (Å²) in [6.07, 6.45) is -0.773. The molecule has 0 radical (unpaired) electrons. The Morgan fingerprint density at radius 2 is 2.00 bits per heavy atom. The predicted octanol–water partition coefficient (Wildman–Crippen LogP) is 1.84. The lowest BCUT2D eigenvalue weighted by Crippen LogP contribution is -2.31. The van der Waals surface area contributed by atoms with Gasteiger partial charge in [0, 0.05) is 11.0 Å². The Morgan fingerprint density at radius 3 is 2.44 bits per heavy atom. The molecule has 16 heavy (non-hydrogen) atoms. The molecule has 0 spiro atoms. The minimum Gasteiger partial charge on any atom is -0.392 e. The van der Waals surface area contributed by atoms with Crippen LogP contribution < -0.4 is 5.32 Å². The Labute approximate surface area is 99.6 Å². The molecule has 1 atom stereocenters. The van der Waals surface area contributed by atoms with Crippen molar-refractivity contribution >= 4 is 21.8 Å². The van der Waals surface area contributed by atoms with E-state index in [1.54, 1.807) is 0 Å². The van der Waals surface area contributed by atoms with E-state index in [4.69, 9.17) is 5.11 Å². The predicted molar refractivity (Wildman–Crippen MR) is 58.1 cm³/mol. The molecule has 0 aliphatic rings. The van der Waals surface area contributed by atoms with Crippen LogP contribution in [-0.2, 0) is 0 Å². The zero-order valence-corrected chi connectivity index (χ0v) is 10.0. The monoisotopic (exact) mass is 293 g/mol. The van der Waals surface area contributed by atoms with Crippen molar-refractivity contribution in [1.29, 1.82) is 0 Å². The summed E-state index contributed by atoms with van der Waals surface area (Å²) in [7, 11) is 0. The number of carbonyl (C=O) groups excluding carboxylic acids is 1. The van der Waals surface area contributed by atoms with Crippen LogP contribution in [0.3, 0.4) is 0 Å². The van der Waals surface area contributed by atoms with Crippen LogP contribution in [0, 0.1) is 11.6 Å². The standard InChI is InChI=1S/C10H10BrF2NO2/c1-5(15)4-14-10(16)9-7(12)2-6(11)3-8(9)13/h2-3,5,15H,4H2,1H3,(H,14,16). The first-order chi connectivity index (χ1) is 7.41. The molecule has 0 aliphatic heterocycles. The van der Waals surface area contributed by atoms with Crippen molar-refractivity contribution in [3.8, 4) is 0 Å². The van der Waals surface area contributed by atoms with Gasteiger partial charge >= 0.3 is 0 Å². The van der Waals surface area contributed by atoms with Gasteiger partial charge in [-0.2, -0.15) is 0 Å². The second-order valence-electron chi connectivity index (χ2n) is 3.30. The third-order valence-corrected chi connectivity index (χ3v) is 2.25. The van der Waals surface area contributed by atoms with Gasteiger partial charge in [-0.05, 0) is 19.1 Å². The zero-order chi connectivity index (χ0) is 12.3. The number of benzene rings is 1. The third-order valence-electron chi connectivity index (χ3n) is 1.79. The average molecular weight is 294 g/mol. The van der Waals surface area contributed by atoms with E-state index in [9.17, 15) is 13.6 Å². The number of carbonyl (C=O) groups is 1. The van der Waals surface area contributed by atoms with Crippen LogP contribution in [0.1, 0.15) is 17.3 Å². The first-order valence-corrected chi connectivity index (χ1v) is 5.32. The van der Waals surface area contributed by atoms with E-state index < -0.39 is 29.2 Å². The molecule has 1 rings (SSSR count). The average Bonchev–Trinajstić information content (AvgIpc) is 2.12. The molecule has 0 fully saturated rings. The van der Waals surface area contributed by atoms with Crippen molar-refractivity contribution < 1.29 is 18.7 Å². The molecule has 0 bridgehead atoms. The zero-order valence-electron chi connectivity index (χ0n) is 8.43. The van der Waals surface area contributed by atoms with Crippen molar-refractivity contribution in [2.45, 2.75) is 13.0 Å². The molecule has 1 amide bonds. The highest BCUT2D eigenvalue weighted by Gasteiger charge is 2.18. The summed E-state index contributed by atoms with van der Waals surface area (Å²) in [5.74, 6) is -2.78. The largest absolute Gasteiger partial charge is 0.392 e. The molecule has 6 heteroatoms. The Balaban J connectivity index is 2.91. The first kappa shape index (κ1) is 13.1. The van der Waals surface area contributed by atoms with Gasteiger partial charge in [-0.25, -0.2) is 8.78 Å². The third kappa shape index (κ3) is 3.24. The molecule has 0 aromatic heterocycles. The van der Waals surface area contributed by atoms with Crippen molar-refractivity contribution in [3.05, 3.63) is 33.8 Å². The number of nitrogens with one attached hydrogen (secondary N) is 1. The minimum atomic E-state index is -0.949. The van der Waals surface area contributed by atoms with E-state index in [1.807, 2.05) is 0 Å². The Bertz CT molecular complexity index is 387. The van der Waals surface area contributed by atoms with Gasteiger partial charge in [0.15, 0.2) is 0 Å². The molecule has 3 nitrogen and oxygen atoms in total. The fourth-order valence-electron chi connectivity index (χ4n) is 1.09. The number of hydrogen-bond donors (Lipinski definition) is 2. The Kier molecular flexibility index (Phi) is 4.37. The minimum absolute atomic E-state index is 0.0617. The number of amides is 1. The first-order valence-electron chi connectivity index (χ1n) is 4.52. The number of halogens is 3. The van der Waals surface area contributed by atoms with Gasteiger partial charge in [-0.15, -0.1) is 0 Å². The Morgan fingerprint density at radius 1 is 1.50 bits per heavy atom. The highest BCUT2D eigenvalue weighted by Crippen LogP contribution is 2.19. The van der Waals surface area contributed by atoms with Crippen LogP contribution in [-0.4, -0.2) is 23.7 Å². The molecule has 0 saturated carbocycles. The smallest absolute Gasteiger partial charge is 0.257 e. The van der Waals surface area contributed by atoms with Gasteiger partial charge in [0.2, 0.25) is 0 Å². The summed E-state index contributed by atoms with van der Waals surface area (Å²) in [4.78, 5) is 11.4. The van der Waals surface area contributed by atoms with E-state index in [-0.39, 0.29) is 11.0 Å². The van der Waals surface area contributed by atoms with E-state index in [1.165, 1.54) is 6.92 Å². The fraction of sp³-hybridized carbons (Fsp3) is 0.300. The van der Waals surface area contributed by atoms with Crippen molar-refractivity contribution in [3.63, 3.8) is 0 Å². The molecule has 1 aromatic carbocycles. The van der Waals surface area contributed by atoms with Crippen LogP contribution in [0.4, 0.5) is 8.78 Å². The summed E-state index contributed by atoms with van der Waals surface area (Å²) in [5, 5.41) is 11.1. The molecular formula is C10H10BrF2NO2. The maximum Gasteiger partial charge on any atom is 0.257 e. The molecule has 0 aliphatic carbocycles. The van der Waals surface area contributed by atoms with Gasteiger partial charge in [0.1, 0.15) is 17.2 Å². The maximum absolute atomic E-state index is 13.3. The number of aliphatic hydroxyl groups is 1. The molecule has 1 unspecified atom stereocenters. The van der Waals surface area contributed by atoms with Crippen LogP contribution in [0.15, 0.2) is 16.6 Å². The second kappa shape index (κ2) is 5.36. The van der Waals surface area contributed by atoms with Gasteiger partial charge < -0.3 is 10.4 Å². The van der Waals surface area contributed by atoms with Crippen LogP contribution in [0.5, 0.6) is 0 Å². The second-order valence-corrected chi connectivity index (χ2v) is 4.22. The highest BCUT2D eigenvalue weighted by molar-refractivity contribution is 9.10. The molecular weight excluding hydrogens is 284 g/mol. The summed E-state index contributed by atoms with van der Waals surface area (Å²) in [5.41, 5.74) is -0.649. The van der Waals surface area contributed by atoms with Crippen LogP contribution in [0.2, 0.25) is 0 Å². The van der Waals surface area contributed by atoms with Crippen molar-refractivity contribution in [2.24, 2.45) is 0 Å². The molecule has 0 saturated heterocycles. The van der Waals surface area contributed by atoms with Crippen molar-refractivity contribution in [1.82, 2.24) is 5.32 Å². The van der Waals surface area contributed by atoms with Gasteiger partial charge in [-0.3, -0.25) is 4.79 Å². The quantitative estimate of drug-likeness (QED) is 0.893. The lowest BCUT2D eigenvalue weighted by Gasteiger charge is -2.08. The van der Waals surface area contributed by atoms with Crippen LogP contribution in [0.25, 0.3) is 0 Å². The molecule has 0 heterocycles. The highest BCUT2D eigenvalue weighted by atomic mass is 79.9. The summed E-state index contributed by atoms with van der Waals surface area (Å²) < 4.78 is 26.8. The maximum atomic E-state index is 13.3. The van der Waals surface area contributed by atoms with Crippen LogP contribution >= 0.6 is 15.9 Å². The van der Waals surface area contributed by atoms with E-state index in [2.05, 4.69) is 21.2 Å². The lowest BCUT2D eigenvalue weighted by atomic mass is 10.2. The normalized spacial score (nSPS) is 12.3. The fourth-order valence-corrected chi connectivity index (χ4v) is 1.49. The number of rotatable bonds is 3. The summed E-state index contributed by atoms with van der Waals surface area (Å²) in [6.45, 7) is 1.39. The van der Waals surface area contributed by atoms with Gasteiger partial charge in [-0.1, -0.05) is 15.9 Å². The summed E-state index contributed by atoms with van der Waals surface area (Å²) >= 11 is 2.91. The number of hydrogen-bond acceptors (Lipinski definition) is 2. The molecule has 88 valence electrons. The Hall–Kier alpha value is -1.01. The van der Waals surface area contributed by atoms with E-state index >= 15 is 0 Å². The molecule has 1 aromatic rings. The molecule has 2 N–H and O–H groups in total. The lowest BCUT2D eigenvalue weighted by molar-refractivity contribution is 0.0915. The van der Waals surface area contributed by atoms with Gasteiger partial charge in [0.05, 0.1) is 6.10 Å². The SMILES string of the molecule is CC(O)CNC(=O)c1c(F)cc(Br)cc1F. The van der Waals surface area contributed by atoms with Crippen molar-refractivity contribution in [2.75, 3.05) is 6.54 Å². The number of aliphatic hydroxyl groups excluding tert-OH is 1.